The normalized spacial score (nSPS) is 17.7. The van der Waals surface area contributed by atoms with E-state index in [4.69, 9.17) is 16.7 Å². The largest absolute Gasteiger partial charge is 0.409 e. The van der Waals surface area contributed by atoms with Gasteiger partial charge in [-0.1, -0.05) is 12.1 Å². The molecule has 0 bridgehead atoms. The lowest BCUT2D eigenvalue weighted by Gasteiger charge is -2.14. The van der Waals surface area contributed by atoms with Crippen LogP contribution in [0.3, 0.4) is 0 Å². The van der Waals surface area contributed by atoms with Crippen LogP contribution in [-0.4, -0.2) is 41.5 Å². The van der Waals surface area contributed by atoms with Gasteiger partial charge in [-0.25, -0.2) is 4.99 Å². The van der Waals surface area contributed by atoms with E-state index in [0.717, 1.165) is 6.34 Å². The van der Waals surface area contributed by atoms with Crippen molar-refractivity contribution in [2.75, 3.05) is 6.54 Å². The van der Waals surface area contributed by atoms with E-state index in [-0.39, 0.29) is 12.4 Å². The molecule has 0 saturated heterocycles. The zero-order valence-electron chi connectivity index (χ0n) is 7.91. The van der Waals surface area contributed by atoms with Gasteiger partial charge in [0.05, 0.1) is 19.0 Å². The molecule has 7 nitrogen and oxygen atoms in total. The van der Waals surface area contributed by atoms with Crippen LogP contribution < -0.4 is 11.5 Å². The number of nitrogens with zero attached hydrogens (tertiary/aromatic N) is 3. The fraction of sp³-hybridized carbons (Fsp3) is 0.571. The molecule has 0 rings (SSSR count). The topological polar surface area (TPSA) is 130 Å². The van der Waals surface area contributed by atoms with E-state index in [9.17, 15) is 5.11 Å². The van der Waals surface area contributed by atoms with Crippen molar-refractivity contribution in [3.8, 4) is 0 Å². The fourth-order valence-electron chi connectivity index (χ4n) is 0.687. The SMILES string of the molecule is CC(/C(N)=N/O)C(O)CN=CN=CN. The quantitative estimate of drug-likeness (QED) is 0.191. The average Bonchev–Trinajstić information content (AvgIpc) is 2.21. The zero-order valence-corrected chi connectivity index (χ0v) is 7.91. The molecule has 80 valence electrons. The van der Waals surface area contributed by atoms with Crippen LogP contribution in [0.15, 0.2) is 15.1 Å². The molecule has 7 heteroatoms. The zero-order chi connectivity index (χ0) is 11.0. The molecule has 0 aromatic heterocycles. The molecule has 0 aliphatic heterocycles. The molecule has 0 aliphatic rings. The summed E-state index contributed by atoms with van der Waals surface area (Å²) < 4.78 is 0. The maximum absolute atomic E-state index is 9.45. The van der Waals surface area contributed by atoms with Gasteiger partial charge in [0, 0.05) is 5.92 Å². The third-order valence-corrected chi connectivity index (χ3v) is 1.69. The van der Waals surface area contributed by atoms with Crippen molar-refractivity contribution < 1.29 is 10.3 Å². The molecular weight excluding hydrogens is 186 g/mol. The standard InChI is InChI=1S/C7H15N5O2/c1-5(7(9)12-14)6(13)2-10-4-11-3-8/h3-6,13-14H,2H2,1H3,(H2,9,12)(H2,8,10,11). The molecule has 0 spiro atoms. The Morgan fingerprint density at radius 2 is 2.21 bits per heavy atom. The first-order chi connectivity index (χ1) is 6.63. The van der Waals surface area contributed by atoms with Crippen molar-refractivity contribution in [3.63, 3.8) is 0 Å². The van der Waals surface area contributed by atoms with Crippen LogP contribution in [0.4, 0.5) is 0 Å². The number of hydrogen-bond acceptors (Lipinski definition) is 4. The minimum atomic E-state index is -0.810. The van der Waals surface area contributed by atoms with Crippen molar-refractivity contribution in [2.24, 2.45) is 32.5 Å². The average molecular weight is 201 g/mol. The Labute approximate surface area is 81.8 Å². The second kappa shape index (κ2) is 6.84. The van der Waals surface area contributed by atoms with Crippen LogP contribution in [0.25, 0.3) is 0 Å². The Kier molecular flexibility index (Phi) is 6.04. The molecule has 6 N–H and O–H groups in total. The predicted molar refractivity (Wildman–Crippen MR) is 54.6 cm³/mol. The van der Waals surface area contributed by atoms with Gasteiger partial charge >= 0.3 is 0 Å². The van der Waals surface area contributed by atoms with Gasteiger partial charge in [-0.05, 0) is 0 Å². The van der Waals surface area contributed by atoms with Crippen LogP contribution in [0.1, 0.15) is 6.92 Å². The third-order valence-electron chi connectivity index (χ3n) is 1.69. The summed E-state index contributed by atoms with van der Waals surface area (Å²) in [5, 5.41) is 20.6. The smallest absolute Gasteiger partial charge is 0.144 e. The molecule has 0 aromatic rings. The van der Waals surface area contributed by atoms with Crippen molar-refractivity contribution in [1.29, 1.82) is 0 Å². The lowest BCUT2D eigenvalue weighted by molar-refractivity contribution is 0.151. The number of aliphatic imine (C=N–C) groups is 2. The van der Waals surface area contributed by atoms with Gasteiger partial charge < -0.3 is 21.8 Å². The molecule has 0 heterocycles. The predicted octanol–water partition coefficient (Wildman–Crippen LogP) is -1.25. The number of oxime groups is 1. The summed E-state index contributed by atoms with van der Waals surface area (Å²) >= 11 is 0. The van der Waals surface area contributed by atoms with Crippen LogP contribution in [0, 0.1) is 5.92 Å². The Balaban J connectivity index is 4.01. The number of hydrogen-bond donors (Lipinski definition) is 4. The molecule has 0 aromatic carbocycles. The van der Waals surface area contributed by atoms with Crippen LogP contribution >= 0.6 is 0 Å². The first kappa shape index (κ1) is 12.4. The molecule has 0 radical (unpaired) electrons. The highest BCUT2D eigenvalue weighted by Gasteiger charge is 2.17. The van der Waals surface area contributed by atoms with E-state index in [1.807, 2.05) is 0 Å². The highest BCUT2D eigenvalue weighted by atomic mass is 16.4. The van der Waals surface area contributed by atoms with E-state index >= 15 is 0 Å². The van der Waals surface area contributed by atoms with Gasteiger partial charge in [0.2, 0.25) is 0 Å². The molecule has 0 amide bonds. The molecule has 14 heavy (non-hydrogen) atoms. The highest BCUT2D eigenvalue weighted by molar-refractivity contribution is 5.82. The maximum Gasteiger partial charge on any atom is 0.144 e. The van der Waals surface area contributed by atoms with Crippen molar-refractivity contribution >= 4 is 18.5 Å². The fourth-order valence-corrected chi connectivity index (χ4v) is 0.687. The van der Waals surface area contributed by atoms with Gasteiger partial charge in [0.1, 0.15) is 12.2 Å². The Morgan fingerprint density at radius 1 is 1.57 bits per heavy atom. The van der Waals surface area contributed by atoms with Gasteiger partial charge in [-0.3, -0.25) is 4.99 Å². The van der Waals surface area contributed by atoms with E-state index in [2.05, 4.69) is 15.1 Å². The summed E-state index contributed by atoms with van der Waals surface area (Å²) in [5.74, 6) is -0.492. The highest BCUT2D eigenvalue weighted by Crippen LogP contribution is 2.02. The Hall–Kier alpha value is -1.63. The molecular formula is C7H15N5O2. The lowest BCUT2D eigenvalue weighted by Crippen LogP contribution is -2.33. The third kappa shape index (κ3) is 4.41. The lowest BCUT2D eigenvalue weighted by atomic mass is 10.0. The van der Waals surface area contributed by atoms with Crippen LogP contribution in [0.5, 0.6) is 0 Å². The van der Waals surface area contributed by atoms with Crippen LogP contribution in [0.2, 0.25) is 0 Å². The van der Waals surface area contributed by atoms with E-state index in [1.165, 1.54) is 6.34 Å². The number of aliphatic hydroxyl groups excluding tert-OH is 1. The maximum atomic E-state index is 9.45. The van der Waals surface area contributed by atoms with Gasteiger partial charge in [-0.15, -0.1) is 0 Å². The summed E-state index contributed by atoms with van der Waals surface area (Å²) in [7, 11) is 0. The number of aliphatic hydroxyl groups is 1. The molecule has 0 saturated carbocycles. The Morgan fingerprint density at radius 3 is 2.71 bits per heavy atom. The minimum absolute atomic E-state index is 0.0324. The van der Waals surface area contributed by atoms with Crippen molar-refractivity contribution in [1.82, 2.24) is 0 Å². The first-order valence-electron chi connectivity index (χ1n) is 4.00. The van der Waals surface area contributed by atoms with E-state index in [1.54, 1.807) is 6.92 Å². The van der Waals surface area contributed by atoms with Crippen molar-refractivity contribution in [2.45, 2.75) is 13.0 Å². The summed E-state index contributed by atoms with van der Waals surface area (Å²) in [4.78, 5) is 7.26. The second-order valence-corrected chi connectivity index (χ2v) is 2.66. The first-order valence-corrected chi connectivity index (χ1v) is 4.00. The van der Waals surface area contributed by atoms with Gasteiger partial charge in [-0.2, -0.15) is 0 Å². The summed E-state index contributed by atoms with van der Waals surface area (Å²) in [6.45, 7) is 1.75. The van der Waals surface area contributed by atoms with Gasteiger partial charge in [0.15, 0.2) is 0 Å². The monoisotopic (exact) mass is 201 g/mol. The van der Waals surface area contributed by atoms with Gasteiger partial charge in [0.25, 0.3) is 0 Å². The molecule has 2 unspecified atom stereocenters. The summed E-state index contributed by atoms with van der Waals surface area (Å²) in [5.41, 5.74) is 10.2. The summed E-state index contributed by atoms with van der Waals surface area (Å²) in [6, 6.07) is 0. The molecule has 0 fully saturated rings. The Bertz CT molecular complexity index is 238. The van der Waals surface area contributed by atoms with Crippen molar-refractivity contribution in [3.05, 3.63) is 0 Å². The number of amidine groups is 1. The van der Waals surface area contributed by atoms with E-state index in [0.29, 0.717) is 0 Å². The van der Waals surface area contributed by atoms with Crippen LogP contribution in [-0.2, 0) is 0 Å². The number of nitrogens with two attached hydrogens (primary N) is 2. The summed E-state index contributed by atoms with van der Waals surface area (Å²) in [6.07, 6.45) is 1.50. The van der Waals surface area contributed by atoms with E-state index < -0.39 is 12.0 Å². The second-order valence-electron chi connectivity index (χ2n) is 2.66. The minimum Gasteiger partial charge on any atom is -0.409 e. The molecule has 0 aliphatic carbocycles. The molecule has 2 atom stereocenters. The number of rotatable bonds is 5.